The van der Waals surface area contributed by atoms with Crippen molar-refractivity contribution < 1.29 is 4.74 Å². The molecule has 17 heavy (non-hydrogen) atoms. The number of methoxy groups -OCH3 is 1. The monoisotopic (exact) mass is 236 g/mol. The number of para-hydroxylation sites is 1. The largest absolute Gasteiger partial charge is 0.383 e. The van der Waals surface area contributed by atoms with Crippen LogP contribution in [0.1, 0.15) is 12.8 Å². The number of anilines is 1. The summed E-state index contributed by atoms with van der Waals surface area (Å²) in [5.74, 6) is 0. The Morgan fingerprint density at radius 2 is 1.88 bits per heavy atom. The third kappa shape index (κ3) is 6.29. The maximum Gasteiger partial charge on any atom is 0.0587 e. The zero-order chi connectivity index (χ0) is 12.3. The summed E-state index contributed by atoms with van der Waals surface area (Å²) in [6.07, 6.45) is 2.42. The first-order valence-corrected chi connectivity index (χ1v) is 6.30. The molecule has 1 rings (SSSR count). The van der Waals surface area contributed by atoms with E-state index < -0.39 is 0 Å². The molecule has 1 aromatic carbocycles. The third-order valence-electron chi connectivity index (χ3n) is 2.78. The zero-order valence-electron chi connectivity index (χ0n) is 11.0. The summed E-state index contributed by atoms with van der Waals surface area (Å²) in [5, 5.41) is 3.36. The molecule has 96 valence electrons. The second-order valence-electron chi connectivity index (χ2n) is 4.21. The Morgan fingerprint density at radius 3 is 2.59 bits per heavy atom. The normalized spacial score (nSPS) is 10.5. The number of nitrogens with one attached hydrogen (secondary N) is 1. The highest BCUT2D eigenvalue weighted by molar-refractivity contribution is 5.44. The number of unbranched alkanes of at least 4 members (excludes halogenated alkanes) is 1. The molecule has 0 bridgehead atoms. The van der Waals surface area contributed by atoms with Crippen molar-refractivity contribution in [2.75, 3.05) is 45.3 Å². The van der Waals surface area contributed by atoms with Gasteiger partial charge < -0.3 is 15.0 Å². The van der Waals surface area contributed by atoms with Crippen molar-refractivity contribution in [2.24, 2.45) is 0 Å². The fraction of sp³-hybridized carbons (Fsp3) is 0.571. The topological polar surface area (TPSA) is 24.5 Å². The van der Waals surface area contributed by atoms with E-state index >= 15 is 0 Å². The van der Waals surface area contributed by atoms with E-state index in [9.17, 15) is 0 Å². The van der Waals surface area contributed by atoms with Crippen LogP contribution in [0.4, 0.5) is 5.69 Å². The average Bonchev–Trinajstić information content (AvgIpc) is 2.38. The summed E-state index contributed by atoms with van der Waals surface area (Å²) in [6.45, 7) is 3.93. The summed E-state index contributed by atoms with van der Waals surface area (Å²) in [6, 6.07) is 10.5. The molecule has 0 heterocycles. The Kier molecular flexibility index (Phi) is 7.43. The summed E-state index contributed by atoms with van der Waals surface area (Å²) >= 11 is 0. The van der Waals surface area contributed by atoms with E-state index in [0.29, 0.717) is 0 Å². The van der Waals surface area contributed by atoms with Gasteiger partial charge in [0.1, 0.15) is 0 Å². The van der Waals surface area contributed by atoms with E-state index in [4.69, 9.17) is 4.74 Å². The number of rotatable bonds is 9. The van der Waals surface area contributed by atoms with Crippen LogP contribution in [0, 0.1) is 0 Å². The van der Waals surface area contributed by atoms with E-state index in [2.05, 4.69) is 47.6 Å². The van der Waals surface area contributed by atoms with E-state index in [1.807, 2.05) is 0 Å². The lowest BCUT2D eigenvalue weighted by Crippen LogP contribution is -2.22. The molecule has 0 aromatic heterocycles. The standard InChI is InChI=1S/C14H24N2O/c1-16(14-8-4-3-5-9-14)12-7-6-10-15-11-13-17-2/h3-5,8-9,15H,6-7,10-13H2,1-2H3. The minimum atomic E-state index is 0.796. The molecule has 0 aliphatic rings. The first kappa shape index (κ1) is 14.0. The quantitative estimate of drug-likeness (QED) is 0.665. The number of nitrogens with zero attached hydrogens (tertiary/aromatic N) is 1. The van der Waals surface area contributed by atoms with Crippen LogP contribution in [0.2, 0.25) is 0 Å². The van der Waals surface area contributed by atoms with E-state index in [1.54, 1.807) is 7.11 Å². The van der Waals surface area contributed by atoms with Crippen LogP contribution >= 0.6 is 0 Å². The lowest BCUT2D eigenvalue weighted by Gasteiger charge is -2.19. The summed E-state index contributed by atoms with van der Waals surface area (Å²) in [5.41, 5.74) is 1.29. The van der Waals surface area contributed by atoms with Gasteiger partial charge in [0.15, 0.2) is 0 Å². The highest BCUT2D eigenvalue weighted by Crippen LogP contribution is 2.11. The number of ether oxygens (including phenoxy) is 1. The Labute approximate surface area is 105 Å². The van der Waals surface area contributed by atoms with Crippen LogP contribution in [0.5, 0.6) is 0 Å². The Hall–Kier alpha value is -1.06. The van der Waals surface area contributed by atoms with Gasteiger partial charge in [0, 0.05) is 32.9 Å². The second kappa shape index (κ2) is 9.02. The average molecular weight is 236 g/mol. The molecule has 0 fully saturated rings. The first-order chi connectivity index (χ1) is 8.34. The van der Waals surface area contributed by atoms with Crippen LogP contribution < -0.4 is 10.2 Å². The van der Waals surface area contributed by atoms with Gasteiger partial charge in [-0.3, -0.25) is 0 Å². The fourth-order valence-electron chi connectivity index (χ4n) is 1.71. The van der Waals surface area contributed by atoms with Gasteiger partial charge in [-0.25, -0.2) is 0 Å². The lowest BCUT2D eigenvalue weighted by atomic mass is 10.2. The Balaban J connectivity index is 2.03. The lowest BCUT2D eigenvalue weighted by molar-refractivity contribution is 0.199. The van der Waals surface area contributed by atoms with Gasteiger partial charge in [-0.2, -0.15) is 0 Å². The molecule has 0 saturated heterocycles. The maximum atomic E-state index is 4.97. The SMILES string of the molecule is COCCNCCCCN(C)c1ccccc1. The maximum absolute atomic E-state index is 4.97. The van der Waals surface area contributed by atoms with E-state index in [-0.39, 0.29) is 0 Å². The summed E-state index contributed by atoms with van der Waals surface area (Å²) < 4.78 is 4.97. The molecule has 0 aliphatic heterocycles. The van der Waals surface area contributed by atoms with Gasteiger partial charge in [0.05, 0.1) is 6.61 Å². The van der Waals surface area contributed by atoms with Crippen molar-refractivity contribution in [3.05, 3.63) is 30.3 Å². The van der Waals surface area contributed by atoms with Crippen LogP contribution in [0.15, 0.2) is 30.3 Å². The minimum absolute atomic E-state index is 0.796. The molecule has 3 nitrogen and oxygen atoms in total. The molecule has 1 N–H and O–H groups in total. The van der Waals surface area contributed by atoms with Gasteiger partial charge >= 0.3 is 0 Å². The van der Waals surface area contributed by atoms with E-state index in [1.165, 1.54) is 18.5 Å². The second-order valence-corrected chi connectivity index (χ2v) is 4.21. The molecule has 3 heteroatoms. The van der Waals surface area contributed by atoms with Gasteiger partial charge in [-0.1, -0.05) is 18.2 Å². The first-order valence-electron chi connectivity index (χ1n) is 6.30. The van der Waals surface area contributed by atoms with Gasteiger partial charge in [-0.05, 0) is 31.5 Å². The molecular weight excluding hydrogens is 212 g/mol. The fourth-order valence-corrected chi connectivity index (χ4v) is 1.71. The third-order valence-corrected chi connectivity index (χ3v) is 2.78. The van der Waals surface area contributed by atoms with Gasteiger partial charge in [-0.15, -0.1) is 0 Å². The van der Waals surface area contributed by atoms with E-state index in [0.717, 1.165) is 26.2 Å². The smallest absolute Gasteiger partial charge is 0.0587 e. The highest BCUT2D eigenvalue weighted by atomic mass is 16.5. The minimum Gasteiger partial charge on any atom is -0.383 e. The molecule has 1 aromatic rings. The van der Waals surface area contributed by atoms with Crippen molar-refractivity contribution in [1.82, 2.24) is 5.32 Å². The van der Waals surface area contributed by atoms with Crippen LogP contribution in [0.25, 0.3) is 0 Å². The molecule has 0 unspecified atom stereocenters. The number of hydrogen-bond donors (Lipinski definition) is 1. The predicted octanol–water partition coefficient (Wildman–Crippen LogP) is 2.14. The van der Waals surface area contributed by atoms with Crippen molar-refractivity contribution in [3.63, 3.8) is 0 Å². The van der Waals surface area contributed by atoms with Crippen LogP contribution in [0.3, 0.4) is 0 Å². The van der Waals surface area contributed by atoms with Crippen LogP contribution in [-0.4, -0.2) is 40.4 Å². The predicted molar refractivity (Wildman–Crippen MR) is 73.7 cm³/mol. The molecule has 0 radical (unpaired) electrons. The molecule has 0 saturated carbocycles. The molecule has 0 spiro atoms. The summed E-state index contributed by atoms with van der Waals surface area (Å²) in [4.78, 5) is 2.30. The van der Waals surface area contributed by atoms with Crippen molar-refractivity contribution in [1.29, 1.82) is 0 Å². The molecule has 0 atom stereocenters. The molecule has 0 aliphatic carbocycles. The number of benzene rings is 1. The van der Waals surface area contributed by atoms with Crippen LogP contribution in [-0.2, 0) is 4.74 Å². The zero-order valence-corrected chi connectivity index (χ0v) is 11.0. The van der Waals surface area contributed by atoms with Crippen molar-refractivity contribution in [3.8, 4) is 0 Å². The van der Waals surface area contributed by atoms with Crippen molar-refractivity contribution >= 4 is 5.69 Å². The molecule has 0 amide bonds. The highest BCUT2D eigenvalue weighted by Gasteiger charge is 1.98. The van der Waals surface area contributed by atoms with Gasteiger partial charge in [0.25, 0.3) is 0 Å². The van der Waals surface area contributed by atoms with Crippen molar-refractivity contribution in [2.45, 2.75) is 12.8 Å². The van der Waals surface area contributed by atoms with Gasteiger partial charge in [0.2, 0.25) is 0 Å². The Morgan fingerprint density at radius 1 is 1.12 bits per heavy atom. The molecular formula is C14H24N2O. The summed E-state index contributed by atoms with van der Waals surface area (Å²) in [7, 11) is 3.88. The number of hydrogen-bond acceptors (Lipinski definition) is 3. The Bertz CT molecular complexity index is 277.